The molecule has 1 atom stereocenters. The lowest BCUT2D eigenvalue weighted by Crippen LogP contribution is -2.12. The molecular weight excluding hydrogens is 212 g/mol. The van der Waals surface area contributed by atoms with E-state index in [-0.39, 0.29) is 11.6 Å². The van der Waals surface area contributed by atoms with Crippen LogP contribution in [0.5, 0.6) is 0 Å². The molecule has 0 fully saturated rings. The predicted molar refractivity (Wildman–Crippen MR) is 59.8 cm³/mol. The Balaban J connectivity index is 3.18. The third-order valence-corrected chi connectivity index (χ3v) is 2.53. The molecule has 2 nitrogen and oxygen atoms in total. The summed E-state index contributed by atoms with van der Waals surface area (Å²) >= 11 is 0. The zero-order valence-corrected chi connectivity index (χ0v) is 9.63. The van der Waals surface area contributed by atoms with E-state index < -0.39 is 11.6 Å². The van der Waals surface area contributed by atoms with Crippen LogP contribution in [0.25, 0.3) is 0 Å². The monoisotopic (exact) mass is 227 g/mol. The van der Waals surface area contributed by atoms with Gasteiger partial charge in [0.1, 0.15) is 6.29 Å². The Bertz CT molecular complexity index is 391. The van der Waals surface area contributed by atoms with Crippen molar-refractivity contribution in [3.05, 3.63) is 29.3 Å². The number of aldehydes is 1. The van der Waals surface area contributed by atoms with Crippen LogP contribution < -0.4 is 4.90 Å². The topological polar surface area (TPSA) is 20.3 Å². The first kappa shape index (κ1) is 12.6. The molecule has 0 aliphatic rings. The lowest BCUT2D eigenvalue weighted by molar-refractivity contribution is -0.108. The van der Waals surface area contributed by atoms with Crippen LogP contribution in [-0.2, 0) is 4.79 Å². The van der Waals surface area contributed by atoms with Gasteiger partial charge in [-0.15, -0.1) is 0 Å². The van der Waals surface area contributed by atoms with Gasteiger partial charge in [-0.05, 0) is 23.6 Å². The van der Waals surface area contributed by atoms with Gasteiger partial charge in [0.05, 0.1) is 5.69 Å². The van der Waals surface area contributed by atoms with Crippen LogP contribution in [0.4, 0.5) is 14.5 Å². The zero-order chi connectivity index (χ0) is 12.3. The van der Waals surface area contributed by atoms with Gasteiger partial charge in [-0.1, -0.05) is 6.92 Å². The molecule has 4 heteroatoms. The summed E-state index contributed by atoms with van der Waals surface area (Å²) in [5.74, 6) is -1.84. The van der Waals surface area contributed by atoms with Gasteiger partial charge in [-0.2, -0.15) is 0 Å². The van der Waals surface area contributed by atoms with Gasteiger partial charge in [-0.3, -0.25) is 0 Å². The van der Waals surface area contributed by atoms with Crippen molar-refractivity contribution in [2.45, 2.75) is 19.3 Å². The third-order valence-electron chi connectivity index (χ3n) is 2.53. The fraction of sp³-hybridized carbons (Fsp3) is 0.417. The number of hydrogen-bond donors (Lipinski definition) is 0. The van der Waals surface area contributed by atoms with E-state index in [0.717, 1.165) is 12.4 Å². The smallest absolute Gasteiger partial charge is 0.182 e. The highest BCUT2D eigenvalue weighted by atomic mass is 19.2. The first-order valence-corrected chi connectivity index (χ1v) is 5.07. The zero-order valence-electron chi connectivity index (χ0n) is 9.63. The van der Waals surface area contributed by atoms with E-state index >= 15 is 0 Å². The molecule has 1 rings (SSSR count). The van der Waals surface area contributed by atoms with Gasteiger partial charge < -0.3 is 9.69 Å². The van der Waals surface area contributed by atoms with Gasteiger partial charge in [-0.25, -0.2) is 8.78 Å². The normalized spacial score (nSPS) is 12.3. The molecule has 0 saturated carbocycles. The fourth-order valence-electron chi connectivity index (χ4n) is 1.49. The second-order valence-electron chi connectivity index (χ2n) is 4.03. The maximum atomic E-state index is 13.4. The van der Waals surface area contributed by atoms with E-state index in [9.17, 15) is 13.6 Å². The minimum atomic E-state index is -0.876. The van der Waals surface area contributed by atoms with Gasteiger partial charge in [0, 0.05) is 20.5 Å². The molecule has 88 valence electrons. The minimum absolute atomic E-state index is 0.105. The van der Waals surface area contributed by atoms with E-state index in [4.69, 9.17) is 0 Å². The summed E-state index contributed by atoms with van der Waals surface area (Å²) in [4.78, 5) is 11.9. The van der Waals surface area contributed by atoms with Crippen LogP contribution in [0.15, 0.2) is 12.1 Å². The number of nitrogens with zero attached hydrogens (tertiary/aromatic N) is 1. The Kier molecular flexibility index (Phi) is 3.99. The van der Waals surface area contributed by atoms with Crippen LogP contribution >= 0.6 is 0 Å². The van der Waals surface area contributed by atoms with Crippen LogP contribution in [0, 0.1) is 11.6 Å². The summed E-state index contributed by atoms with van der Waals surface area (Å²) in [7, 11) is 3.29. The van der Waals surface area contributed by atoms with Crippen molar-refractivity contribution in [1.82, 2.24) is 0 Å². The number of benzene rings is 1. The molecule has 0 aliphatic carbocycles. The number of carbonyl (C=O) groups is 1. The SMILES string of the molecule is CC(CC=O)c1cc(F)c(F)c(N(C)C)c1. The van der Waals surface area contributed by atoms with E-state index in [1.165, 1.54) is 4.90 Å². The molecule has 0 saturated heterocycles. The molecule has 0 aliphatic heterocycles. The number of halogens is 2. The highest BCUT2D eigenvalue weighted by Crippen LogP contribution is 2.27. The first-order chi connectivity index (χ1) is 7.47. The van der Waals surface area contributed by atoms with Crippen LogP contribution in [0.3, 0.4) is 0 Å². The summed E-state index contributed by atoms with van der Waals surface area (Å²) < 4.78 is 26.7. The summed E-state index contributed by atoms with van der Waals surface area (Å²) in [5, 5.41) is 0. The van der Waals surface area contributed by atoms with Gasteiger partial charge in [0.25, 0.3) is 0 Å². The Morgan fingerprint density at radius 1 is 1.38 bits per heavy atom. The average Bonchev–Trinajstić information content (AvgIpc) is 2.21. The molecule has 0 bridgehead atoms. The number of rotatable bonds is 4. The maximum Gasteiger partial charge on any atom is 0.182 e. The van der Waals surface area contributed by atoms with Crippen LogP contribution in [0.1, 0.15) is 24.8 Å². The number of hydrogen-bond acceptors (Lipinski definition) is 2. The lowest BCUT2D eigenvalue weighted by atomic mass is 9.97. The molecule has 0 spiro atoms. The lowest BCUT2D eigenvalue weighted by Gasteiger charge is -2.17. The van der Waals surface area contributed by atoms with Crippen LogP contribution in [0.2, 0.25) is 0 Å². The number of carbonyl (C=O) groups excluding carboxylic acids is 1. The molecule has 1 aromatic rings. The van der Waals surface area contributed by atoms with Crippen molar-refractivity contribution in [2.24, 2.45) is 0 Å². The maximum absolute atomic E-state index is 13.4. The molecule has 0 aromatic heterocycles. The van der Waals surface area contributed by atoms with E-state index in [0.29, 0.717) is 12.0 Å². The van der Waals surface area contributed by atoms with Crippen molar-refractivity contribution >= 4 is 12.0 Å². The van der Waals surface area contributed by atoms with Gasteiger partial charge >= 0.3 is 0 Å². The van der Waals surface area contributed by atoms with E-state index in [1.54, 1.807) is 27.1 Å². The summed E-state index contributed by atoms with van der Waals surface area (Å²) in [6, 6.07) is 2.73. The van der Waals surface area contributed by atoms with Crippen molar-refractivity contribution in [3.8, 4) is 0 Å². The summed E-state index contributed by atoms with van der Waals surface area (Å²) in [6.07, 6.45) is 1.08. The van der Waals surface area contributed by atoms with Crippen molar-refractivity contribution < 1.29 is 13.6 Å². The van der Waals surface area contributed by atoms with E-state index in [2.05, 4.69) is 0 Å². The third kappa shape index (κ3) is 2.56. The molecule has 0 heterocycles. The Labute approximate surface area is 93.9 Å². The second kappa shape index (κ2) is 5.05. The standard InChI is InChI=1S/C12H15F2NO/c1-8(4-5-16)9-6-10(13)12(14)11(7-9)15(2)3/h5-8H,4H2,1-3H3. The molecular formula is C12H15F2NO. The molecule has 16 heavy (non-hydrogen) atoms. The Morgan fingerprint density at radius 3 is 2.50 bits per heavy atom. The quantitative estimate of drug-likeness (QED) is 0.737. The van der Waals surface area contributed by atoms with Gasteiger partial charge in [0.15, 0.2) is 11.6 Å². The predicted octanol–water partition coefficient (Wildman–Crippen LogP) is 2.72. The molecule has 1 aromatic carbocycles. The summed E-state index contributed by atoms with van der Waals surface area (Å²) in [5.41, 5.74) is 0.836. The molecule has 0 amide bonds. The molecule has 1 unspecified atom stereocenters. The first-order valence-electron chi connectivity index (χ1n) is 5.07. The van der Waals surface area contributed by atoms with Crippen molar-refractivity contribution in [3.63, 3.8) is 0 Å². The number of anilines is 1. The summed E-state index contributed by atoms with van der Waals surface area (Å²) in [6.45, 7) is 1.81. The van der Waals surface area contributed by atoms with Gasteiger partial charge in [0.2, 0.25) is 0 Å². The largest absolute Gasteiger partial charge is 0.375 e. The molecule has 0 N–H and O–H groups in total. The minimum Gasteiger partial charge on any atom is -0.375 e. The fourth-order valence-corrected chi connectivity index (χ4v) is 1.49. The Morgan fingerprint density at radius 2 is 2.00 bits per heavy atom. The highest BCUT2D eigenvalue weighted by Gasteiger charge is 2.15. The second-order valence-corrected chi connectivity index (χ2v) is 4.03. The average molecular weight is 227 g/mol. The van der Waals surface area contributed by atoms with E-state index in [1.807, 2.05) is 0 Å². The highest BCUT2D eigenvalue weighted by molar-refractivity contribution is 5.54. The molecule has 0 radical (unpaired) electrons. The van der Waals surface area contributed by atoms with Crippen molar-refractivity contribution in [1.29, 1.82) is 0 Å². The Hall–Kier alpha value is -1.45. The van der Waals surface area contributed by atoms with Crippen molar-refractivity contribution in [2.75, 3.05) is 19.0 Å². The van der Waals surface area contributed by atoms with Crippen LogP contribution in [-0.4, -0.2) is 20.4 Å².